The van der Waals surface area contributed by atoms with Crippen molar-refractivity contribution in [1.82, 2.24) is 14.5 Å². The first kappa shape index (κ1) is 20.2. The number of carbonyl (C=O) groups excluding carboxylic acids is 1. The lowest BCUT2D eigenvalue weighted by Crippen LogP contribution is -2.33. The van der Waals surface area contributed by atoms with Crippen LogP contribution in [-0.2, 0) is 16.1 Å². The molecule has 10 heteroatoms. The Morgan fingerprint density at radius 1 is 1.27 bits per heavy atom. The fourth-order valence-corrected chi connectivity index (χ4v) is 3.40. The highest BCUT2D eigenvalue weighted by molar-refractivity contribution is 5.90. The summed E-state index contributed by atoms with van der Waals surface area (Å²) in [6.45, 7) is 1.18. The van der Waals surface area contributed by atoms with Gasteiger partial charge in [-0.05, 0) is 5.56 Å². The summed E-state index contributed by atoms with van der Waals surface area (Å²) in [5.74, 6) is 0.339. The molecule has 4 atom stereocenters. The van der Waals surface area contributed by atoms with E-state index >= 15 is 0 Å². The molecular weight excluding hydrogens is 392 g/mol. The molecule has 0 saturated carbocycles. The van der Waals surface area contributed by atoms with Crippen LogP contribution < -0.4 is 10.1 Å². The zero-order valence-electron chi connectivity index (χ0n) is 16.2. The van der Waals surface area contributed by atoms with Gasteiger partial charge in [0.05, 0.1) is 6.61 Å². The molecular formula is C20H22N4O6. The maximum absolute atomic E-state index is 11.5. The number of pyridine rings is 1. The minimum absolute atomic E-state index is 0.251. The number of rotatable bonds is 6. The lowest BCUT2D eigenvalue weighted by Gasteiger charge is -2.19. The van der Waals surface area contributed by atoms with Crippen LogP contribution in [0.2, 0.25) is 0 Å². The van der Waals surface area contributed by atoms with Crippen LogP contribution in [0.15, 0.2) is 42.7 Å². The summed E-state index contributed by atoms with van der Waals surface area (Å²) in [5, 5.41) is 32.5. The molecule has 4 rings (SSSR count). The van der Waals surface area contributed by atoms with Crippen molar-refractivity contribution >= 4 is 22.9 Å². The van der Waals surface area contributed by atoms with Gasteiger partial charge in [0, 0.05) is 13.0 Å². The number of nitrogens with one attached hydrogen (secondary N) is 1. The highest BCUT2D eigenvalue weighted by Crippen LogP contribution is 2.35. The molecule has 1 saturated heterocycles. The molecule has 0 aliphatic carbocycles. The fraction of sp³-hybridized carbons (Fsp3) is 0.350. The van der Waals surface area contributed by atoms with E-state index in [-0.39, 0.29) is 24.0 Å². The first-order chi connectivity index (χ1) is 14.5. The molecule has 0 unspecified atom stereocenters. The van der Waals surface area contributed by atoms with E-state index in [0.717, 1.165) is 5.56 Å². The lowest BCUT2D eigenvalue weighted by atomic mass is 10.1. The number of anilines is 1. The minimum atomic E-state index is -1.28. The van der Waals surface area contributed by atoms with Gasteiger partial charge in [0.2, 0.25) is 5.91 Å². The molecule has 3 heterocycles. The maximum atomic E-state index is 11.5. The molecule has 1 aliphatic heterocycles. The average Bonchev–Trinajstić information content (AvgIpc) is 3.27. The molecule has 0 spiro atoms. The van der Waals surface area contributed by atoms with Gasteiger partial charge >= 0.3 is 0 Å². The number of imidazole rings is 1. The van der Waals surface area contributed by atoms with E-state index in [0.29, 0.717) is 11.3 Å². The Morgan fingerprint density at radius 3 is 2.70 bits per heavy atom. The second-order valence-corrected chi connectivity index (χ2v) is 7.01. The first-order valence-electron chi connectivity index (χ1n) is 9.42. The third-order valence-corrected chi connectivity index (χ3v) is 4.83. The Labute approximate surface area is 171 Å². The van der Waals surface area contributed by atoms with Gasteiger partial charge in [-0.2, -0.15) is 0 Å². The molecule has 10 nitrogen and oxygen atoms in total. The summed E-state index contributed by atoms with van der Waals surface area (Å²) >= 11 is 0. The third-order valence-electron chi connectivity index (χ3n) is 4.83. The van der Waals surface area contributed by atoms with Crippen molar-refractivity contribution in [3.05, 3.63) is 48.3 Å². The minimum Gasteiger partial charge on any atom is -0.486 e. The Kier molecular flexibility index (Phi) is 5.64. The Balaban J connectivity index is 1.74. The van der Waals surface area contributed by atoms with Crippen molar-refractivity contribution < 1.29 is 29.6 Å². The van der Waals surface area contributed by atoms with Crippen LogP contribution in [-0.4, -0.2) is 60.7 Å². The number of nitrogens with zero attached hydrogens (tertiary/aromatic N) is 3. The van der Waals surface area contributed by atoms with Crippen molar-refractivity contribution in [1.29, 1.82) is 0 Å². The van der Waals surface area contributed by atoms with E-state index in [1.54, 1.807) is 6.07 Å². The van der Waals surface area contributed by atoms with E-state index in [9.17, 15) is 20.1 Å². The van der Waals surface area contributed by atoms with Crippen LogP contribution in [0, 0.1) is 0 Å². The number of hydrogen-bond donors (Lipinski definition) is 4. The Bertz CT molecular complexity index is 1040. The maximum Gasteiger partial charge on any atom is 0.222 e. The predicted octanol–water partition coefficient (Wildman–Crippen LogP) is 0.580. The fourth-order valence-electron chi connectivity index (χ4n) is 3.40. The Hall–Kier alpha value is -3.05. The van der Waals surface area contributed by atoms with Gasteiger partial charge in [0.25, 0.3) is 0 Å². The average molecular weight is 414 g/mol. The van der Waals surface area contributed by atoms with Crippen LogP contribution in [0.5, 0.6) is 5.75 Å². The third kappa shape index (κ3) is 3.85. The summed E-state index contributed by atoms with van der Waals surface area (Å²) in [4.78, 5) is 20.0. The van der Waals surface area contributed by atoms with Gasteiger partial charge in [-0.15, -0.1) is 0 Å². The van der Waals surface area contributed by atoms with Crippen molar-refractivity contribution in [3.8, 4) is 5.75 Å². The number of carbonyl (C=O) groups is 1. The number of fused-ring (bicyclic) bond motifs is 1. The molecule has 2 aromatic heterocycles. The monoisotopic (exact) mass is 414 g/mol. The molecule has 1 aliphatic rings. The predicted molar refractivity (Wildman–Crippen MR) is 106 cm³/mol. The van der Waals surface area contributed by atoms with Crippen molar-refractivity contribution in [2.24, 2.45) is 0 Å². The zero-order chi connectivity index (χ0) is 21.3. The topological polar surface area (TPSA) is 139 Å². The van der Waals surface area contributed by atoms with Gasteiger partial charge < -0.3 is 30.1 Å². The van der Waals surface area contributed by atoms with E-state index in [1.807, 2.05) is 30.3 Å². The number of amides is 1. The highest BCUT2D eigenvalue weighted by atomic mass is 16.6. The molecule has 1 amide bonds. The molecule has 0 radical (unpaired) electrons. The van der Waals surface area contributed by atoms with Crippen molar-refractivity contribution in [3.63, 3.8) is 0 Å². The van der Waals surface area contributed by atoms with Crippen LogP contribution in [0.1, 0.15) is 18.7 Å². The second-order valence-electron chi connectivity index (χ2n) is 7.01. The number of aliphatic hydroxyl groups is 3. The quantitative estimate of drug-likeness (QED) is 0.459. The smallest absolute Gasteiger partial charge is 0.222 e. The summed E-state index contributed by atoms with van der Waals surface area (Å²) in [7, 11) is 0. The number of benzene rings is 1. The van der Waals surface area contributed by atoms with Gasteiger partial charge in [0.15, 0.2) is 17.6 Å². The van der Waals surface area contributed by atoms with E-state index < -0.39 is 31.1 Å². The van der Waals surface area contributed by atoms with Gasteiger partial charge in [-0.1, -0.05) is 30.3 Å². The molecule has 158 valence electrons. The largest absolute Gasteiger partial charge is 0.486 e. The van der Waals surface area contributed by atoms with E-state index in [4.69, 9.17) is 9.47 Å². The zero-order valence-corrected chi connectivity index (χ0v) is 16.2. The second kappa shape index (κ2) is 8.36. The number of aliphatic hydroxyl groups excluding tert-OH is 3. The highest BCUT2D eigenvalue weighted by Gasteiger charge is 2.44. The van der Waals surface area contributed by atoms with Crippen LogP contribution in [0.3, 0.4) is 0 Å². The summed E-state index contributed by atoms with van der Waals surface area (Å²) in [5.41, 5.74) is 1.62. The normalized spacial score (nSPS) is 23.6. The summed E-state index contributed by atoms with van der Waals surface area (Å²) in [6.07, 6.45) is -3.04. The van der Waals surface area contributed by atoms with Gasteiger partial charge in [-0.25, -0.2) is 9.97 Å². The molecule has 0 bridgehead atoms. The molecule has 1 fully saturated rings. The first-order valence-corrected chi connectivity index (χ1v) is 9.42. The standard InChI is InChI=1S/C20H22N4O6/c1-11(26)22-15-7-13(29-9-12-5-3-2-4-6-12)16-19(23-15)21-10-24(16)20-18(28)17(27)14(8-25)30-20/h2-7,10,14,17-18,20,25,27-28H,8-9H2,1H3,(H,22,23,26)/t14-,17-,18-,20-/m1/s1. The summed E-state index contributed by atoms with van der Waals surface area (Å²) < 4.78 is 13.1. The van der Waals surface area contributed by atoms with Crippen LogP contribution in [0.4, 0.5) is 5.82 Å². The Morgan fingerprint density at radius 2 is 2.03 bits per heavy atom. The van der Waals surface area contributed by atoms with Crippen LogP contribution in [0.25, 0.3) is 11.2 Å². The van der Waals surface area contributed by atoms with Crippen LogP contribution >= 0.6 is 0 Å². The SMILES string of the molecule is CC(=O)Nc1cc(OCc2ccccc2)c2c(ncn2[C@@H]2O[C@H](CO)[C@@H](O)[C@H]2O)n1. The molecule has 1 aromatic carbocycles. The van der Waals surface area contributed by atoms with Crippen molar-refractivity contribution in [2.45, 2.75) is 38.1 Å². The summed E-state index contributed by atoms with van der Waals surface area (Å²) in [6, 6.07) is 11.1. The molecule has 4 N–H and O–H groups in total. The lowest BCUT2D eigenvalue weighted by molar-refractivity contribution is -0.114. The van der Waals surface area contributed by atoms with Gasteiger partial charge in [0.1, 0.15) is 42.6 Å². The number of aromatic nitrogens is 3. The van der Waals surface area contributed by atoms with Gasteiger partial charge in [-0.3, -0.25) is 9.36 Å². The van der Waals surface area contributed by atoms with E-state index in [1.165, 1.54) is 17.8 Å². The number of ether oxygens (including phenoxy) is 2. The number of hydrogen-bond acceptors (Lipinski definition) is 8. The van der Waals surface area contributed by atoms with Crippen molar-refractivity contribution in [2.75, 3.05) is 11.9 Å². The van der Waals surface area contributed by atoms with E-state index in [2.05, 4.69) is 15.3 Å². The molecule has 3 aromatic rings. The molecule has 30 heavy (non-hydrogen) atoms.